The average molecular weight is 1120 g/mol. The number of rotatable bonds is 60. The van der Waals surface area contributed by atoms with Crippen molar-refractivity contribution in [1.82, 2.24) is 0 Å². The predicted molar refractivity (Wildman–Crippen MR) is 353 cm³/mol. The lowest BCUT2D eigenvalue weighted by Gasteiger charge is -2.18. The van der Waals surface area contributed by atoms with Crippen LogP contribution >= 0.6 is 0 Å². The third kappa shape index (κ3) is 66.2. The van der Waals surface area contributed by atoms with E-state index in [1.54, 1.807) is 0 Å². The van der Waals surface area contributed by atoms with Gasteiger partial charge in [0.25, 0.3) is 0 Å². The molecule has 0 aromatic carbocycles. The monoisotopic (exact) mass is 1120 g/mol. The van der Waals surface area contributed by atoms with Gasteiger partial charge in [-0.1, -0.05) is 296 Å². The Morgan fingerprint density at radius 2 is 0.481 bits per heavy atom. The molecule has 0 saturated carbocycles. The SMILES string of the molecule is CC/C=C\C/C=C\C/C=C\C/C=C\C/C=C\C/C=C\C/C=C\C/C=C\C/C=C\C/C=C\CCCCCCC(=O)OCC(COC(=O)CCCCCCCCCCC)OC(=O)CCCCCCCCCCC/C=C\CCCCCCCC. The molecule has 0 aliphatic carbocycles. The number of esters is 3. The molecule has 0 heterocycles. The molecule has 81 heavy (non-hydrogen) atoms. The Balaban J connectivity index is 4.25. The molecule has 6 heteroatoms. The highest BCUT2D eigenvalue weighted by atomic mass is 16.6. The summed E-state index contributed by atoms with van der Waals surface area (Å²) in [5.74, 6) is -0.914. The maximum Gasteiger partial charge on any atom is 0.306 e. The zero-order chi connectivity index (χ0) is 58.5. The summed E-state index contributed by atoms with van der Waals surface area (Å²) in [6.45, 7) is 6.49. The summed E-state index contributed by atoms with van der Waals surface area (Å²) in [4.78, 5) is 38.2. The molecule has 0 amide bonds. The Hall–Kier alpha value is -4.45. The highest BCUT2D eigenvalue weighted by Gasteiger charge is 2.19. The molecule has 0 radical (unpaired) electrons. The van der Waals surface area contributed by atoms with Crippen molar-refractivity contribution in [1.29, 1.82) is 0 Å². The van der Waals surface area contributed by atoms with Crippen molar-refractivity contribution in [3.63, 3.8) is 0 Å². The first-order valence-corrected chi connectivity index (χ1v) is 33.7. The first-order chi connectivity index (χ1) is 40.0. The predicted octanol–water partition coefficient (Wildman–Crippen LogP) is 23.3. The first-order valence-electron chi connectivity index (χ1n) is 33.7. The molecule has 0 aliphatic heterocycles. The van der Waals surface area contributed by atoms with Crippen molar-refractivity contribution < 1.29 is 28.6 Å². The number of hydrogen-bond acceptors (Lipinski definition) is 6. The Morgan fingerprint density at radius 3 is 0.765 bits per heavy atom. The van der Waals surface area contributed by atoms with E-state index in [9.17, 15) is 14.4 Å². The third-order valence-corrected chi connectivity index (χ3v) is 14.1. The lowest BCUT2D eigenvalue weighted by Crippen LogP contribution is -2.30. The molecular weight excluding hydrogens is 997 g/mol. The van der Waals surface area contributed by atoms with Gasteiger partial charge < -0.3 is 14.2 Å². The first kappa shape index (κ1) is 76.5. The summed E-state index contributed by atoms with van der Waals surface area (Å²) in [7, 11) is 0. The zero-order valence-corrected chi connectivity index (χ0v) is 52.8. The standard InChI is InChI=1S/C75H124O6/c1-4-7-10-13-16-19-21-23-25-27-29-30-31-32-33-34-35-36-37-38-39-40-41-42-43-44-46-47-49-51-53-56-59-62-65-68-74(77)80-71-72(70-79-73(76)67-64-61-58-55-18-15-12-9-6-3)81-75(78)69-66-63-60-57-54-52-50-48-45-28-26-24-22-20-17-14-11-8-5-2/h7,10,16,19,23-26,29-30,32-33,35-36,38-39,41-42,44,46,49,51,72H,4-6,8-9,11-15,17-18,20-22,27-28,31,34,37,40,43,45,47-48,50,52-71H2,1-3H3/b10-7-,19-16-,25-23-,26-24-,30-29-,33-32-,36-35-,39-38-,42-41-,46-44-,51-49-. The van der Waals surface area contributed by atoms with Crippen molar-refractivity contribution in [2.24, 2.45) is 0 Å². The zero-order valence-electron chi connectivity index (χ0n) is 52.8. The van der Waals surface area contributed by atoms with Crippen LogP contribution in [0.25, 0.3) is 0 Å². The molecular formula is C75H124O6. The number of hydrogen-bond donors (Lipinski definition) is 0. The normalized spacial score (nSPS) is 13.0. The Morgan fingerprint density at radius 1 is 0.259 bits per heavy atom. The molecule has 460 valence electrons. The van der Waals surface area contributed by atoms with Gasteiger partial charge in [-0.2, -0.15) is 0 Å². The van der Waals surface area contributed by atoms with E-state index in [1.807, 2.05) is 0 Å². The van der Waals surface area contributed by atoms with Crippen LogP contribution in [0.3, 0.4) is 0 Å². The van der Waals surface area contributed by atoms with Gasteiger partial charge in [0.2, 0.25) is 0 Å². The van der Waals surface area contributed by atoms with E-state index in [2.05, 4.69) is 154 Å². The lowest BCUT2D eigenvalue weighted by atomic mass is 10.1. The summed E-state index contributed by atoms with van der Waals surface area (Å²) < 4.78 is 16.9. The average Bonchev–Trinajstić information content (AvgIpc) is 3.47. The molecule has 0 aromatic rings. The van der Waals surface area contributed by atoms with Crippen LogP contribution in [-0.4, -0.2) is 37.2 Å². The van der Waals surface area contributed by atoms with Crippen LogP contribution in [-0.2, 0) is 28.6 Å². The van der Waals surface area contributed by atoms with E-state index in [-0.39, 0.29) is 31.1 Å². The number of allylic oxidation sites excluding steroid dienone is 22. The molecule has 0 fully saturated rings. The second-order valence-electron chi connectivity index (χ2n) is 22.0. The fourth-order valence-electron chi connectivity index (χ4n) is 9.11. The van der Waals surface area contributed by atoms with Gasteiger partial charge in [-0.25, -0.2) is 0 Å². The number of carbonyl (C=O) groups is 3. The fourth-order valence-corrected chi connectivity index (χ4v) is 9.11. The topological polar surface area (TPSA) is 78.9 Å². The molecule has 0 bridgehead atoms. The van der Waals surface area contributed by atoms with E-state index < -0.39 is 6.10 Å². The van der Waals surface area contributed by atoms with Crippen molar-refractivity contribution in [3.05, 3.63) is 134 Å². The Bertz CT molecular complexity index is 1720. The van der Waals surface area contributed by atoms with Gasteiger partial charge in [-0.05, 0) is 122 Å². The molecule has 0 aliphatic rings. The second kappa shape index (κ2) is 68.1. The molecule has 1 atom stereocenters. The minimum Gasteiger partial charge on any atom is -0.462 e. The largest absolute Gasteiger partial charge is 0.462 e. The quantitative estimate of drug-likeness (QED) is 0.0261. The van der Waals surface area contributed by atoms with E-state index in [4.69, 9.17) is 14.2 Å². The summed E-state index contributed by atoms with van der Waals surface area (Å²) in [5, 5.41) is 0. The van der Waals surface area contributed by atoms with Gasteiger partial charge in [0, 0.05) is 19.3 Å². The second-order valence-corrected chi connectivity index (χ2v) is 22.0. The van der Waals surface area contributed by atoms with Gasteiger partial charge in [0.05, 0.1) is 0 Å². The fraction of sp³-hybridized carbons (Fsp3) is 0.667. The summed E-state index contributed by atoms with van der Waals surface area (Å²) in [6.07, 6.45) is 96.2. The highest BCUT2D eigenvalue weighted by molar-refractivity contribution is 5.71. The lowest BCUT2D eigenvalue weighted by molar-refractivity contribution is -0.167. The van der Waals surface area contributed by atoms with E-state index in [1.165, 1.54) is 128 Å². The van der Waals surface area contributed by atoms with Crippen LogP contribution in [0.4, 0.5) is 0 Å². The van der Waals surface area contributed by atoms with Crippen molar-refractivity contribution in [2.45, 2.75) is 309 Å². The number of carbonyl (C=O) groups excluding carboxylic acids is 3. The van der Waals surface area contributed by atoms with Crippen LogP contribution in [0.15, 0.2) is 134 Å². The highest BCUT2D eigenvalue weighted by Crippen LogP contribution is 2.15. The molecule has 0 aromatic heterocycles. The Kier molecular flexibility index (Phi) is 64.3. The molecule has 6 nitrogen and oxygen atoms in total. The van der Waals surface area contributed by atoms with Crippen molar-refractivity contribution in [2.75, 3.05) is 13.2 Å². The van der Waals surface area contributed by atoms with Gasteiger partial charge in [0.15, 0.2) is 6.10 Å². The summed E-state index contributed by atoms with van der Waals surface area (Å²) in [5.41, 5.74) is 0. The molecule has 0 saturated heterocycles. The molecule has 0 rings (SSSR count). The van der Waals surface area contributed by atoms with Crippen LogP contribution in [0.5, 0.6) is 0 Å². The van der Waals surface area contributed by atoms with Crippen LogP contribution in [0.2, 0.25) is 0 Å². The van der Waals surface area contributed by atoms with Gasteiger partial charge in [-0.3, -0.25) is 14.4 Å². The smallest absolute Gasteiger partial charge is 0.306 e. The maximum absolute atomic E-state index is 12.9. The van der Waals surface area contributed by atoms with Crippen LogP contribution in [0, 0.1) is 0 Å². The number of unbranched alkanes of at least 4 members (excludes halogenated alkanes) is 27. The van der Waals surface area contributed by atoms with E-state index in [0.717, 1.165) is 135 Å². The minimum absolute atomic E-state index is 0.0871. The molecule has 0 spiro atoms. The minimum atomic E-state index is -0.791. The third-order valence-electron chi connectivity index (χ3n) is 14.1. The Labute approximate surface area is 500 Å². The number of ether oxygens (including phenoxy) is 3. The van der Waals surface area contributed by atoms with Gasteiger partial charge in [-0.15, -0.1) is 0 Å². The van der Waals surface area contributed by atoms with E-state index >= 15 is 0 Å². The van der Waals surface area contributed by atoms with Crippen molar-refractivity contribution >= 4 is 17.9 Å². The van der Waals surface area contributed by atoms with Crippen LogP contribution < -0.4 is 0 Å². The van der Waals surface area contributed by atoms with Crippen LogP contribution in [0.1, 0.15) is 303 Å². The maximum atomic E-state index is 12.9. The van der Waals surface area contributed by atoms with E-state index in [0.29, 0.717) is 19.3 Å². The molecule has 0 N–H and O–H groups in total. The summed E-state index contributed by atoms with van der Waals surface area (Å²) in [6, 6.07) is 0. The van der Waals surface area contributed by atoms with Crippen molar-refractivity contribution in [3.8, 4) is 0 Å². The van der Waals surface area contributed by atoms with Gasteiger partial charge >= 0.3 is 17.9 Å². The van der Waals surface area contributed by atoms with Gasteiger partial charge in [0.1, 0.15) is 13.2 Å². The molecule has 1 unspecified atom stereocenters. The summed E-state index contributed by atoms with van der Waals surface area (Å²) >= 11 is 0.